The first kappa shape index (κ1) is 30.3. The first-order chi connectivity index (χ1) is 23.9. The van der Waals surface area contributed by atoms with Crippen LogP contribution in [-0.4, -0.2) is 87.7 Å². The lowest BCUT2D eigenvalue weighted by atomic mass is 9.98. The van der Waals surface area contributed by atoms with Gasteiger partial charge in [-0.05, 0) is 73.6 Å². The molecule has 5 aliphatic rings. The zero-order valence-electron chi connectivity index (χ0n) is 27.8. The fraction of sp³-hybridized carbons (Fsp3) is 0.432. The predicted molar refractivity (Wildman–Crippen MR) is 186 cm³/mol. The van der Waals surface area contributed by atoms with Crippen LogP contribution in [0.1, 0.15) is 70.1 Å². The number of pyridine rings is 3. The molecule has 2 aliphatic carbocycles. The highest BCUT2D eigenvalue weighted by atomic mass is 16.5. The number of hydrogen-bond acceptors (Lipinski definition) is 9. The fourth-order valence-electron chi connectivity index (χ4n) is 8.84. The second-order valence-electron chi connectivity index (χ2n) is 14.2. The van der Waals surface area contributed by atoms with Crippen molar-refractivity contribution in [1.82, 2.24) is 24.0 Å². The lowest BCUT2D eigenvalue weighted by Crippen LogP contribution is -2.59. The first-order valence-corrected chi connectivity index (χ1v) is 17.4. The van der Waals surface area contributed by atoms with Crippen LogP contribution < -0.4 is 20.7 Å². The minimum atomic E-state index is -0.227. The number of aryl methyl sites for hydroxylation is 1. The van der Waals surface area contributed by atoms with Crippen molar-refractivity contribution in [3.05, 3.63) is 81.8 Å². The topological polar surface area (TPSA) is 118 Å². The van der Waals surface area contributed by atoms with Gasteiger partial charge >= 0.3 is 0 Å². The molecule has 2 saturated heterocycles. The molecule has 9 rings (SSSR count). The maximum absolute atomic E-state index is 13.9. The molecule has 2 bridgehead atoms. The molecule has 7 heterocycles. The van der Waals surface area contributed by atoms with Crippen LogP contribution in [0.2, 0.25) is 0 Å². The van der Waals surface area contributed by atoms with Gasteiger partial charge in [-0.15, -0.1) is 0 Å². The molecule has 4 aromatic rings. The Morgan fingerprint density at radius 3 is 2.61 bits per heavy atom. The number of anilines is 4. The van der Waals surface area contributed by atoms with E-state index in [1.54, 1.807) is 36.5 Å². The Morgan fingerprint density at radius 1 is 1.00 bits per heavy atom. The fourth-order valence-corrected chi connectivity index (χ4v) is 8.84. The molecule has 3 fully saturated rings. The van der Waals surface area contributed by atoms with Crippen molar-refractivity contribution in [2.75, 3.05) is 54.5 Å². The number of carbonyl (C=O) groups is 2. The monoisotopic (exact) mass is 660 g/mol. The highest BCUT2D eigenvalue weighted by Crippen LogP contribution is 2.54. The number of fused-ring (bicyclic) bond motifs is 7. The van der Waals surface area contributed by atoms with Gasteiger partial charge in [0.05, 0.1) is 36.7 Å². The average Bonchev–Trinajstić information content (AvgIpc) is 3.81. The van der Waals surface area contributed by atoms with E-state index >= 15 is 0 Å². The van der Waals surface area contributed by atoms with Gasteiger partial charge in [0, 0.05) is 75.4 Å². The largest absolute Gasteiger partial charge is 0.378 e. The molecule has 3 aliphatic heterocycles. The second-order valence-corrected chi connectivity index (χ2v) is 14.2. The molecule has 3 atom stereocenters. The van der Waals surface area contributed by atoms with Gasteiger partial charge in [-0.25, -0.2) is 9.97 Å². The Balaban J connectivity index is 0.970. The van der Waals surface area contributed by atoms with Crippen molar-refractivity contribution < 1.29 is 14.3 Å². The average molecular weight is 661 g/mol. The number of carbonyl (C=O) groups excluding carboxylic acids is 2. The number of nitrogens with one attached hydrogen (secondary N) is 1. The standard InChI is InChI=1S/C37H40N8O4/c1-22-17-42(27-20-49-21-27)9-10-43(22)26-5-6-33(39-16-26)40-31-14-25(18-41(2)36(31)47)28-7-8-38-35(30(28)19-46)45-12-11-44-32(37(45)48)15-29-23-3-4-24(13-23)34(29)44/h5-8,14-16,18-19,22-24,27H,3-4,9-13,17,20-21H2,1-2H3,(H,39,40)/t22-,23+,24-/m0/s1. The maximum Gasteiger partial charge on any atom is 0.276 e. The van der Waals surface area contributed by atoms with E-state index in [1.807, 2.05) is 18.3 Å². The number of rotatable bonds is 7. The Kier molecular flexibility index (Phi) is 7.20. The third-order valence-corrected chi connectivity index (χ3v) is 11.4. The zero-order chi connectivity index (χ0) is 33.4. The molecule has 252 valence electrons. The molecule has 12 nitrogen and oxygen atoms in total. The summed E-state index contributed by atoms with van der Waals surface area (Å²) in [5.41, 5.74) is 6.07. The quantitative estimate of drug-likeness (QED) is 0.292. The number of nitrogens with zero attached hydrogens (tertiary/aromatic N) is 7. The Morgan fingerprint density at radius 2 is 1.86 bits per heavy atom. The van der Waals surface area contributed by atoms with Gasteiger partial charge in [-0.1, -0.05) is 0 Å². The minimum Gasteiger partial charge on any atom is -0.378 e. The van der Waals surface area contributed by atoms with E-state index < -0.39 is 0 Å². The molecular weight excluding hydrogens is 620 g/mol. The van der Waals surface area contributed by atoms with Gasteiger partial charge in [0.25, 0.3) is 11.5 Å². The van der Waals surface area contributed by atoms with E-state index in [4.69, 9.17) is 4.74 Å². The van der Waals surface area contributed by atoms with Crippen LogP contribution in [0.4, 0.5) is 23.0 Å². The van der Waals surface area contributed by atoms with Crippen LogP contribution in [0, 0.1) is 0 Å². The Bertz CT molecular complexity index is 2030. The third kappa shape index (κ3) is 4.91. The third-order valence-electron chi connectivity index (χ3n) is 11.4. The molecule has 0 aromatic carbocycles. The lowest BCUT2D eigenvalue weighted by Gasteiger charge is -2.46. The first-order valence-electron chi connectivity index (χ1n) is 17.4. The number of piperazine rings is 1. The summed E-state index contributed by atoms with van der Waals surface area (Å²) in [6.07, 6.45) is 9.54. The van der Waals surface area contributed by atoms with Crippen molar-refractivity contribution >= 4 is 35.2 Å². The predicted octanol–water partition coefficient (Wildman–Crippen LogP) is 4.13. The molecule has 12 heteroatoms. The number of aromatic nitrogens is 4. The summed E-state index contributed by atoms with van der Waals surface area (Å²) in [7, 11) is 1.68. The summed E-state index contributed by atoms with van der Waals surface area (Å²) in [4.78, 5) is 55.6. The van der Waals surface area contributed by atoms with Crippen LogP contribution in [0.25, 0.3) is 11.1 Å². The molecule has 0 spiro atoms. The van der Waals surface area contributed by atoms with Gasteiger partial charge in [0.15, 0.2) is 6.29 Å². The van der Waals surface area contributed by atoms with Crippen LogP contribution in [0.3, 0.4) is 0 Å². The van der Waals surface area contributed by atoms with E-state index in [1.165, 1.54) is 35.1 Å². The zero-order valence-corrected chi connectivity index (χ0v) is 27.8. The summed E-state index contributed by atoms with van der Waals surface area (Å²) in [5, 5.41) is 3.21. The highest BCUT2D eigenvalue weighted by Gasteiger charge is 2.43. The Hall–Kier alpha value is -4.81. The highest BCUT2D eigenvalue weighted by molar-refractivity contribution is 6.09. The van der Waals surface area contributed by atoms with E-state index in [2.05, 4.69) is 42.6 Å². The van der Waals surface area contributed by atoms with Crippen molar-refractivity contribution in [1.29, 1.82) is 0 Å². The van der Waals surface area contributed by atoms with Crippen LogP contribution in [-0.2, 0) is 18.3 Å². The van der Waals surface area contributed by atoms with E-state index in [0.29, 0.717) is 76.7 Å². The van der Waals surface area contributed by atoms with E-state index in [-0.39, 0.29) is 11.5 Å². The van der Waals surface area contributed by atoms with Crippen molar-refractivity contribution in [3.63, 3.8) is 0 Å². The van der Waals surface area contributed by atoms with E-state index in [0.717, 1.165) is 44.8 Å². The summed E-state index contributed by atoms with van der Waals surface area (Å²) >= 11 is 0. The number of ether oxygens (including phenoxy) is 1. The lowest BCUT2D eigenvalue weighted by molar-refractivity contribution is -0.0691. The minimum absolute atomic E-state index is 0.130. The molecule has 0 radical (unpaired) electrons. The molecule has 1 saturated carbocycles. The van der Waals surface area contributed by atoms with Gasteiger partial charge in [-0.3, -0.25) is 24.2 Å². The number of aldehydes is 1. The SMILES string of the molecule is C[C@H]1CN(C2COC2)CCN1c1ccc(Nc2cc(-c3ccnc(N4CCn5c(cc6c5[C@H]5CC[C@@H]6C5)C4=O)c3C=O)cn(C)c2=O)nc1. The second kappa shape index (κ2) is 11.7. The van der Waals surface area contributed by atoms with Gasteiger partial charge in [0.1, 0.15) is 23.0 Å². The molecule has 0 unspecified atom stereocenters. The van der Waals surface area contributed by atoms with Crippen molar-refractivity contribution in [2.24, 2.45) is 7.05 Å². The van der Waals surface area contributed by atoms with Gasteiger partial charge in [-0.2, -0.15) is 0 Å². The van der Waals surface area contributed by atoms with Crippen LogP contribution >= 0.6 is 0 Å². The van der Waals surface area contributed by atoms with E-state index in [9.17, 15) is 14.4 Å². The summed E-state index contributed by atoms with van der Waals surface area (Å²) in [6.45, 7) is 7.88. The van der Waals surface area contributed by atoms with Gasteiger partial charge in [0.2, 0.25) is 0 Å². The summed E-state index contributed by atoms with van der Waals surface area (Å²) in [6, 6.07) is 10.4. The smallest absolute Gasteiger partial charge is 0.276 e. The normalized spacial score (nSPS) is 23.4. The number of amides is 1. The molecular formula is C37H40N8O4. The number of hydrogen-bond donors (Lipinski definition) is 1. The molecule has 49 heavy (non-hydrogen) atoms. The maximum atomic E-state index is 13.9. The summed E-state index contributed by atoms with van der Waals surface area (Å²) in [5.74, 6) is 1.87. The molecule has 4 aromatic heterocycles. The van der Waals surface area contributed by atoms with Gasteiger partial charge < -0.3 is 24.1 Å². The molecule has 1 N–H and O–H groups in total. The van der Waals surface area contributed by atoms with Crippen LogP contribution in [0.15, 0.2) is 53.7 Å². The molecule has 1 amide bonds. The van der Waals surface area contributed by atoms with Crippen molar-refractivity contribution in [2.45, 2.75) is 56.7 Å². The summed E-state index contributed by atoms with van der Waals surface area (Å²) < 4.78 is 9.09. The van der Waals surface area contributed by atoms with Crippen molar-refractivity contribution in [3.8, 4) is 11.1 Å². The Labute approximate surface area is 284 Å². The van der Waals surface area contributed by atoms with Crippen LogP contribution in [0.5, 0.6) is 0 Å².